The fourth-order valence-electron chi connectivity index (χ4n) is 4.94. The van der Waals surface area contributed by atoms with Crippen molar-refractivity contribution in [2.75, 3.05) is 11.9 Å². The van der Waals surface area contributed by atoms with Gasteiger partial charge in [-0.15, -0.1) is 0 Å². The minimum absolute atomic E-state index is 0.0470. The fourth-order valence-corrected chi connectivity index (χ4v) is 7.34. The summed E-state index contributed by atoms with van der Waals surface area (Å²) in [6.45, 7) is 1.38. The van der Waals surface area contributed by atoms with Crippen LogP contribution in [0.2, 0.25) is 5.02 Å². The van der Waals surface area contributed by atoms with Crippen LogP contribution in [0.3, 0.4) is 0 Å². The summed E-state index contributed by atoms with van der Waals surface area (Å²) in [5.74, 6) is -6.47. The van der Waals surface area contributed by atoms with Crippen LogP contribution in [0, 0.1) is 29.3 Å². The molecule has 2 bridgehead atoms. The zero-order chi connectivity index (χ0) is 25.7. The number of anilines is 1. The van der Waals surface area contributed by atoms with Gasteiger partial charge in [-0.1, -0.05) is 11.6 Å². The minimum Gasteiger partial charge on any atom is -0.387 e. The van der Waals surface area contributed by atoms with Crippen molar-refractivity contribution < 1.29 is 36.3 Å². The number of amides is 2. The third-order valence-electron chi connectivity index (χ3n) is 6.88. The van der Waals surface area contributed by atoms with E-state index in [1.54, 1.807) is 0 Å². The first-order chi connectivity index (χ1) is 16.3. The summed E-state index contributed by atoms with van der Waals surface area (Å²) in [6, 6.07) is 4.75. The van der Waals surface area contributed by atoms with E-state index in [2.05, 4.69) is 10.6 Å². The molecule has 35 heavy (non-hydrogen) atoms. The molecular formula is C23H22ClF3N2O5S. The summed E-state index contributed by atoms with van der Waals surface area (Å²) < 4.78 is 66.9. The zero-order valence-corrected chi connectivity index (χ0v) is 20.0. The summed E-state index contributed by atoms with van der Waals surface area (Å²) >= 11 is 6.16. The quantitative estimate of drug-likeness (QED) is 0.495. The number of nitrogens with one attached hydrogen (secondary N) is 2. The topological polar surface area (TPSA) is 113 Å². The highest BCUT2D eigenvalue weighted by atomic mass is 35.5. The average Bonchev–Trinajstić information content (AvgIpc) is 2.80. The lowest BCUT2D eigenvalue weighted by atomic mass is 9.53. The van der Waals surface area contributed by atoms with Crippen LogP contribution in [0.1, 0.15) is 36.5 Å². The Morgan fingerprint density at radius 3 is 2.26 bits per heavy atom. The average molecular weight is 531 g/mol. The van der Waals surface area contributed by atoms with Gasteiger partial charge in [0.1, 0.15) is 0 Å². The maximum Gasteiger partial charge on any atom is 0.255 e. The molecule has 3 fully saturated rings. The molecule has 0 aromatic heterocycles. The Morgan fingerprint density at radius 2 is 1.69 bits per heavy atom. The lowest BCUT2D eigenvalue weighted by molar-refractivity contribution is -0.173. The Morgan fingerprint density at radius 1 is 1.09 bits per heavy atom. The van der Waals surface area contributed by atoms with Crippen LogP contribution < -0.4 is 10.6 Å². The van der Waals surface area contributed by atoms with Gasteiger partial charge in [0.05, 0.1) is 20.8 Å². The van der Waals surface area contributed by atoms with E-state index in [0.717, 1.165) is 6.07 Å². The van der Waals surface area contributed by atoms with Crippen molar-refractivity contribution in [2.45, 2.75) is 41.9 Å². The second-order valence-corrected chi connectivity index (χ2v) is 11.6. The second kappa shape index (κ2) is 9.11. The number of halogens is 4. The summed E-state index contributed by atoms with van der Waals surface area (Å²) in [6.07, 6.45) is 0.967. The first-order valence-corrected chi connectivity index (χ1v) is 12.7. The third kappa shape index (κ3) is 4.64. The lowest BCUT2D eigenvalue weighted by Gasteiger charge is -2.58. The number of aliphatic hydroxyl groups is 1. The van der Waals surface area contributed by atoms with Gasteiger partial charge in [0.25, 0.3) is 5.91 Å². The molecule has 2 atom stereocenters. The van der Waals surface area contributed by atoms with Crippen molar-refractivity contribution in [3.63, 3.8) is 0 Å². The molecule has 2 aromatic rings. The smallest absolute Gasteiger partial charge is 0.255 e. The largest absolute Gasteiger partial charge is 0.387 e. The van der Waals surface area contributed by atoms with E-state index in [-0.39, 0.29) is 58.3 Å². The monoisotopic (exact) mass is 530 g/mol. The number of carbonyl (C=O) groups excluding carboxylic acids is 2. The van der Waals surface area contributed by atoms with Crippen LogP contribution >= 0.6 is 11.6 Å². The molecule has 2 unspecified atom stereocenters. The lowest BCUT2D eigenvalue weighted by Crippen LogP contribution is -2.66. The number of hydrogen-bond donors (Lipinski definition) is 3. The maximum atomic E-state index is 13.4. The van der Waals surface area contributed by atoms with Crippen molar-refractivity contribution in [3.05, 3.63) is 58.4 Å². The maximum absolute atomic E-state index is 13.4. The van der Waals surface area contributed by atoms with Gasteiger partial charge in [-0.2, -0.15) is 0 Å². The number of rotatable bonds is 6. The van der Waals surface area contributed by atoms with Crippen molar-refractivity contribution in [3.8, 4) is 0 Å². The van der Waals surface area contributed by atoms with Gasteiger partial charge >= 0.3 is 0 Å². The number of benzene rings is 2. The molecule has 0 saturated heterocycles. The Labute approximate surface area is 204 Å². The number of sulfone groups is 1. The van der Waals surface area contributed by atoms with Crippen molar-refractivity contribution in [1.29, 1.82) is 0 Å². The number of fused-ring (bicyclic) bond motifs is 2. The van der Waals surface area contributed by atoms with Crippen molar-refractivity contribution in [2.24, 2.45) is 11.8 Å². The number of carbonyl (C=O) groups is 2. The minimum atomic E-state index is -4.00. The van der Waals surface area contributed by atoms with Gasteiger partial charge < -0.3 is 15.7 Å². The molecule has 0 aliphatic heterocycles. The standard InChI is InChI=1S/C23H22ClF3N2O5S/c1-11(30)28-10-23(32)13-5-14(23)7-16(6-13)35(33,34)20-4-12(2-3-17(20)24)22(31)29-15-8-18(25)21(27)19(26)9-15/h2-4,8-9,13-14,16,32H,5-7,10H2,1H3,(H,28,30)(H,29,31). The van der Waals surface area contributed by atoms with Crippen LogP contribution in [-0.4, -0.2) is 42.7 Å². The molecule has 3 N–H and O–H groups in total. The van der Waals surface area contributed by atoms with Crippen LogP contribution in [0.5, 0.6) is 0 Å². The van der Waals surface area contributed by atoms with Gasteiger partial charge in [-0.05, 0) is 49.3 Å². The summed E-state index contributed by atoms with van der Waals surface area (Å²) in [4.78, 5) is 23.6. The first-order valence-electron chi connectivity index (χ1n) is 10.8. The summed E-state index contributed by atoms with van der Waals surface area (Å²) in [5, 5.41) is 14.7. The van der Waals surface area contributed by atoms with Crippen molar-refractivity contribution in [1.82, 2.24) is 5.32 Å². The van der Waals surface area contributed by atoms with E-state index < -0.39 is 44.0 Å². The molecule has 2 aromatic carbocycles. The van der Waals surface area contributed by atoms with E-state index >= 15 is 0 Å². The number of hydrogen-bond acceptors (Lipinski definition) is 5. The first kappa shape index (κ1) is 25.5. The normalized spacial score (nSPS) is 25.5. The molecule has 0 heterocycles. The molecular weight excluding hydrogens is 509 g/mol. The SMILES string of the molecule is CC(=O)NCC1(O)C2CC1CC(S(=O)(=O)c1cc(C(=O)Nc3cc(F)c(F)c(F)c3)ccc1Cl)C2. The predicted octanol–water partition coefficient (Wildman–Crippen LogP) is 3.45. The molecule has 2 amide bonds. The highest BCUT2D eigenvalue weighted by Crippen LogP contribution is 2.55. The molecule has 3 aliphatic rings. The Balaban J connectivity index is 1.54. The molecule has 12 heteroatoms. The van der Waals surface area contributed by atoms with E-state index in [1.807, 2.05) is 0 Å². The zero-order valence-electron chi connectivity index (χ0n) is 18.4. The van der Waals surface area contributed by atoms with Gasteiger partial charge in [0.15, 0.2) is 27.3 Å². The molecule has 7 nitrogen and oxygen atoms in total. The van der Waals surface area contributed by atoms with Gasteiger partial charge in [-0.25, -0.2) is 21.6 Å². The molecule has 188 valence electrons. The van der Waals surface area contributed by atoms with Crippen LogP contribution in [0.4, 0.5) is 18.9 Å². The van der Waals surface area contributed by atoms with E-state index in [0.29, 0.717) is 18.6 Å². The molecule has 3 aliphatic carbocycles. The Hall–Kier alpha value is -2.63. The van der Waals surface area contributed by atoms with E-state index in [9.17, 15) is 36.3 Å². The van der Waals surface area contributed by atoms with Crippen LogP contribution in [0.15, 0.2) is 35.2 Å². The second-order valence-electron chi connectivity index (χ2n) is 9.02. The molecule has 0 spiro atoms. The van der Waals surface area contributed by atoms with E-state index in [4.69, 9.17) is 11.6 Å². The molecule has 0 radical (unpaired) electrons. The van der Waals surface area contributed by atoms with Gasteiger partial charge in [0, 0.05) is 36.9 Å². The Kier molecular flexibility index (Phi) is 6.62. The summed E-state index contributed by atoms with van der Waals surface area (Å²) in [5.41, 5.74) is -1.65. The Bertz CT molecular complexity index is 1290. The van der Waals surface area contributed by atoms with Gasteiger partial charge in [0.2, 0.25) is 5.91 Å². The third-order valence-corrected chi connectivity index (χ3v) is 9.53. The molecule has 5 rings (SSSR count). The predicted molar refractivity (Wildman–Crippen MR) is 121 cm³/mol. The van der Waals surface area contributed by atoms with E-state index in [1.165, 1.54) is 19.1 Å². The fraction of sp³-hybridized carbons (Fsp3) is 0.391. The van der Waals surface area contributed by atoms with Crippen LogP contribution in [0.25, 0.3) is 0 Å². The van der Waals surface area contributed by atoms with Crippen molar-refractivity contribution >= 4 is 38.9 Å². The highest BCUT2D eigenvalue weighted by molar-refractivity contribution is 7.92. The van der Waals surface area contributed by atoms with Crippen LogP contribution in [-0.2, 0) is 14.6 Å². The highest BCUT2D eigenvalue weighted by Gasteiger charge is 2.60. The molecule has 3 saturated carbocycles. The van der Waals surface area contributed by atoms with Gasteiger partial charge in [-0.3, -0.25) is 9.59 Å². The summed E-state index contributed by atoms with van der Waals surface area (Å²) in [7, 11) is -4.00.